The van der Waals surface area contributed by atoms with E-state index in [9.17, 15) is 4.79 Å². The number of nitrogens with two attached hydrogens (primary N) is 1. The molecule has 0 radical (unpaired) electrons. The number of carbonyl (C=O) groups is 1. The van der Waals surface area contributed by atoms with Gasteiger partial charge in [0, 0.05) is 25.0 Å². The van der Waals surface area contributed by atoms with E-state index >= 15 is 0 Å². The molecule has 7 heteroatoms. The van der Waals surface area contributed by atoms with E-state index in [-0.39, 0.29) is 30.7 Å². The summed E-state index contributed by atoms with van der Waals surface area (Å²) in [5, 5.41) is 2.92. The number of carbonyl (C=O) groups excluding carboxylic acids is 1. The van der Waals surface area contributed by atoms with Gasteiger partial charge in [-0.05, 0) is 19.4 Å². The molecule has 0 aliphatic carbocycles. The molecule has 0 atom stereocenters. The Morgan fingerprint density at radius 3 is 2.58 bits per heavy atom. The van der Waals surface area contributed by atoms with Crippen LogP contribution in [0.25, 0.3) is 0 Å². The molecule has 0 spiro atoms. The first-order valence-corrected chi connectivity index (χ1v) is 6.94. The first-order valence-electron chi connectivity index (χ1n) is 6.06. The Morgan fingerprint density at radius 2 is 2.00 bits per heavy atom. The summed E-state index contributed by atoms with van der Waals surface area (Å²) in [6, 6.07) is 0. The van der Waals surface area contributed by atoms with Crippen molar-refractivity contribution in [1.82, 2.24) is 9.88 Å². The molecule has 0 aromatic carbocycles. The van der Waals surface area contributed by atoms with E-state index < -0.39 is 0 Å². The van der Waals surface area contributed by atoms with Gasteiger partial charge in [-0.3, -0.25) is 4.79 Å². The molecule has 0 saturated carbocycles. The molecule has 0 fully saturated rings. The van der Waals surface area contributed by atoms with E-state index in [1.807, 2.05) is 12.4 Å². The first kappa shape index (κ1) is 20.9. The molecule has 1 aromatic rings. The third-order valence-corrected chi connectivity index (χ3v) is 3.39. The lowest BCUT2D eigenvalue weighted by Crippen LogP contribution is -2.25. The summed E-state index contributed by atoms with van der Waals surface area (Å²) in [6.07, 6.45) is 6.63. The number of aromatic nitrogens is 1. The highest BCUT2D eigenvalue weighted by atomic mass is 35.5. The Bertz CT molecular complexity index is 323. The fraction of sp³-hybridized carbons (Fsp3) is 0.667. The standard InChI is InChI=1S/C12H21N3OS.2ClH/c1-15(10-11-14-8-9-17-11)12(16)6-4-2-3-5-7-13;;/h8-9H,2-7,10,13H2,1H3;2*1H. The minimum Gasteiger partial charge on any atom is -0.339 e. The molecule has 19 heavy (non-hydrogen) atoms. The Hall–Kier alpha value is -0.360. The summed E-state index contributed by atoms with van der Waals surface area (Å²) < 4.78 is 0. The van der Waals surface area contributed by atoms with Crippen LogP contribution in [-0.2, 0) is 11.3 Å². The number of unbranched alkanes of at least 4 members (excludes halogenated alkanes) is 3. The van der Waals surface area contributed by atoms with Gasteiger partial charge >= 0.3 is 0 Å². The lowest BCUT2D eigenvalue weighted by Gasteiger charge is -2.15. The van der Waals surface area contributed by atoms with E-state index in [1.54, 1.807) is 22.4 Å². The van der Waals surface area contributed by atoms with Gasteiger partial charge in [0.05, 0.1) is 6.54 Å². The summed E-state index contributed by atoms with van der Waals surface area (Å²) in [7, 11) is 1.84. The minimum atomic E-state index is 0. The molecule has 0 unspecified atom stereocenters. The van der Waals surface area contributed by atoms with Crippen LogP contribution in [0.4, 0.5) is 0 Å². The molecule has 1 rings (SSSR count). The van der Waals surface area contributed by atoms with Gasteiger partial charge in [-0.25, -0.2) is 4.98 Å². The van der Waals surface area contributed by atoms with Crippen LogP contribution in [0, 0.1) is 0 Å². The molecule has 112 valence electrons. The van der Waals surface area contributed by atoms with Crippen molar-refractivity contribution in [3.05, 3.63) is 16.6 Å². The number of hydrogen-bond donors (Lipinski definition) is 1. The zero-order valence-electron chi connectivity index (χ0n) is 11.2. The van der Waals surface area contributed by atoms with Crippen LogP contribution >= 0.6 is 36.2 Å². The smallest absolute Gasteiger partial charge is 0.222 e. The largest absolute Gasteiger partial charge is 0.339 e. The second kappa shape index (κ2) is 12.7. The number of halogens is 2. The number of amides is 1. The van der Waals surface area contributed by atoms with Crippen molar-refractivity contribution in [1.29, 1.82) is 0 Å². The second-order valence-corrected chi connectivity index (χ2v) is 5.11. The number of hydrogen-bond acceptors (Lipinski definition) is 4. The van der Waals surface area contributed by atoms with Crippen molar-refractivity contribution in [3.63, 3.8) is 0 Å². The van der Waals surface area contributed by atoms with Gasteiger partial charge in [-0.2, -0.15) is 0 Å². The van der Waals surface area contributed by atoms with Gasteiger partial charge in [-0.1, -0.05) is 12.8 Å². The minimum absolute atomic E-state index is 0. The third kappa shape index (κ3) is 9.21. The fourth-order valence-electron chi connectivity index (χ4n) is 1.59. The highest BCUT2D eigenvalue weighted by Crippen LogP contribution is 2.09. The van der Waals surface area contributed by atoms with Crippen molar-refractivity contribution < 1.29 is 4.79 Å². The van der Waals surface area contributed by atoms with Crippen molar-refractivity contribution >= 4 is 42.1 Å². The van der Waals surface area contributed by atoms with Crippen molar-refractivity contribution in [2.24, 2.45) is 5.73 Å². The van der Waals surface area contributed by atoms with Crippen LogP contribution in [0.15, 0.2) is 11.6 Å². The first-order chi connectivity index (χ1) is 8.24. The summed E-state index contributed by atoms with van der Waals surface area (Å²) in [6.45, 7) is 1.37. The number of rotatable bonds is 8. The second-order valence-electron chi connectivity index (χ2n) is 4.13. The third-order valence-electron chi connectivity index (χ3n) is 2.63. The number of thiazole rings is 1. The van der Waals surface area contributed by atoms with Gasteiger partial charge in [0.15, 0.2) is 0 Å². The van der Waals surface area contributed by atoms with E-state index in [4.69, 9.17) is 5.73 Å². The molecule has 0 bridgehead atoms. The maximum atomic E-state index is 11.8. The molecule has 0 aliphatic heterocycles. The highest BCUT2D eigenvalue weighted by Gasteiger charge is 2.09. The van der Waals surface area contributed by atoms with Crippen LogP contribution < -0.4 is 5.73 Å². The van der Waals surface area contributed by atoms with Gasteiger partial charge in [-0.15, -0.1) is 36.2 Å². The molecular weight excluding hydrogens is 305 g/mol. The maximum Gasteiger partial charge on any atom is 0.222 e. The Labute approximate surface area is 131 Å². The monoisotopic (exact) mass is 327 g/mol. The molecular formula is C12H23Cl2N3OS. The summed E-state index contributed by atoms with van der Waals surface area (Å²) >= 11 is 1.58. The quantitative estimate of drug-likeness (QED) is 0.747. The average molecular weight is 328 g/mol. The normalized spacial score (nSPS) is 9.37. The van der Waals surface area contributed by atoms with Gasteiger partial charge in [0.1, 0.15) is 5.01 Å². The van der Waals surface area contributed by atoms with E-state index in [1.165, 1.54) is 0 Å². The highest BCUT2D eigenvalue weighted by molar-refractivity contribution is 7.09. The summed E-state index contributed by atoms with van der Waals surface area (Å²) in [4.78, 5) is 17.7. The maximum absolute atomic E-state index is 11.8. The summed E-state index contributed by atoms with van der Waals surface area (Å²) in [5.41, 5.74) is 5.41. The van der Waals surface area contributed by atoms with Crippen molar-refractivity contribution in [2.45, 2.75) is 38.6 Å². The van der Waals surface area contributed by atoms with Gasteiger partial charge in [0.2, 0.25) is 5.91 Å². The zero-order chi connectivity index (χ0) is 12.5. The molecule has 4 nitrogen and oxygen atoms in total. The predicted octanol–water partition coefficient (Wildman–Crippen LogP) is 2.85. The van der Waals surface area contributed by atoms with Gasteiger partial charge < -0.3 is 10.6 Å². The van der Waals surface area contributed by atoms with Gasteiger partial charge in [0.25, 0.3) is 0 Å². The molecule has 1 heterocycles. The molecule has 0 saturated heterocycles. The topological polar surface area (TPSA) is 59.2 Å². The van der Waals surface area contributed by atoms with Crippen LogP contribution in [0.2, 0.25) is 0 Å². The lowest BCUT2D eigenvalue weighted by molar-refractivity contribution is -0.130. The average Bonchev–Trinajstić information content (AvgIpc) is 2.81. The Kier molecular flexibility index (Phi) is 14.0. The van der Waals surface area contributed by atoms with Crippen LogP contribution in [0.1, 0.15) is 37.1 Å². The van der Waals surface area contributed by atoms with Crippen LogP contribution in [0.3, 0.4) is 0 Å². The van der Waals surface area contributed by atoms with Crippen molar-refractivity contribution in [3.8, 4) is 0 Å². The van der Waals surface area contributed by atoms with Crippen LogP contribution in [-0.4, -0.2) is 29.4 Å². The Balaban J connectivity index is 0. The predicted molar refractivity (Wildman–Crippen MR) is 85.2 cm³/mol. The SMILES string of the molecule is CN(Cc1nccs1)C(=O)CCCCCCN.Cl.Cl. The van der Waals surface area contributed by atoms with Crippen molar-refractivity contribution in [2.75, 3.05) is 13.6 Å². The zero-order valence-corrected chi connectivity index (χ0v) is 13.7. The van der Waals surface area contributed by atoms with E-state index in [0.29, 0.717) is 13.0 Å². The van der Waals surface area contributed by atoms with E-state index in [0.717, 1.165) is 37.2 Å². The Morgan fingerprint density at radius 1 is 1.32 bits per heavy atom. The molecule has 2 N–H and O–H groups in total. The molecule has 1 amide bonds. The lowest BCUT2D eigenvalue weighted by atomic mass is 10.1. The summed E-state index contributed by atoms with van der Waals surface area (Å²) in [5.74, 6) is 0.202. The van der Waals surface area contributed by atoms with Crippen LogP contribution in [0.5, 0.6) is 0 Å². The fourth-order valence-corrected chi connectivity index (χ4v) is 2.26. The number of nitrogens with zero attached hydrogens (tertiary/aromatic N) is 2. The van der Waals surface area contributed by atoms with E-state index in [2.05, 4.69) is 4.98 Å². The molecule has 0 aliphatic rings. The molecule has 1 aromatic heterocycles.